The number of aryl methyl sites for hydroxylation is 2. The van der Waals surface area contributed by atoms with Gasteiger partial charge in [0, 0.05) is 18.1 Å². The van der Waals surface area contributed by atoms with E-state index in [9.17, 15) is 4.79 Å². The number of carbonyl (C=O) groups is 1. The Balaban J connectivity index is 1.86. The number of carbonyl (C=O) groups excluding carboxylic acids is 1. The van der Waals surface area contributed by atoms with Crippen molar-refractivity contribution in [3.8, 4) is 0 Å². The molecule has 0 saturated carbocycles. The Labute approximate surface area is 137 Å². The summed E-state index contributed by atoms with van der Waals surface area (Å²) in [5.41, 5.74) is 2.77. The normalized spacial score (nSPS) is 11.1. The molecule has 4 heteroatoms. The van der Waals surface area contributed by atoms with E-state index in [-0.39, 0.29) is 0 Å². The molecular weight excluding hydrogens is 288 g/mol. The monoisotopic (exact) mass is 312 g/mol. The molecule has 0 unspecified atom stereocenters. The summed E-state index contributed by atoms with van der Waals surface area (Å²) in [4.78, 5) is 15.8. The maximum absolute atomic E-state index is 11.8. The van der Waals surface area contributed by atoms with Gasteiger partial charge in [0.1, 0.15) is 5.60 Å². The summed E-state index contributed by atoms with van der Waals surface area (Å²) >= 11 is 0. The Morgan fingerprint density at radius 3 is 2.48 bits per heavy atom. The Morgan fingerprint density at radius 1 is 1.09 bits per heavy atom. The van der Waals surface area contributed by atoms with Crippen LogP contribution in [0, 0.1) is 0 Å². The van der Waals surface area contributed by atoms with Crippen LogP contribution in [0.5, 0.6) is 0 Å². The number of ether oxygens (including phenoxy) is 1. The largest absolute Gasteiger partial charge is 0.444 e. The zero-order valence-corrected chi connectivity index (χ0v) is 14.0. The topological polar surface area (TPSA) is 51.2 Å². The summed E-state index contributed by atoms with van der Waals surface area (Å²) in [6.07, 6.45) is 6.26. The van der Waals surface area contributed by atoms with Crippen LogP contribution in [0.3, 0.4) is 0 Å². The van der Waals surface area contributed by atoms with Crippen LogP contribution in [-0.4, -0.2) is 16.7 Å². The van der Waals surface area contributed by atoms with Crippen molar-refractivity contribution in [2.45, 2.75) is 45.6 Å². The molecule has 0 aliphatic carbocycles. The van der Waals surface area contributed by atoms with Gasteiger partial charge < -0.3 is 4.74 Å². The molecule has 1 amide bonds. The third kappa shape index (κ3) is 6.51. The van der Waals surface area contributed by atoms with Crippen LogP contribution in [-0.2, 0) is 17.6 Å². The fourth-order valence-corrected chi connectivity index (χ4v) is 2.27. The van der Waals surface area contributed by atoms with Crippen molar-refractivity contribution in [2.75, 3.05) is 5.32 Å². The number of nitrogens with zero attached hydrogens (tertiary/aromatic N) is 1. The molecule has 0 aliphatic rings. The van der Waals surface area contributed by atoms with E-state index in [1.807, 2.05) is 63.5 Å². The van der Waals surface area contributed by atoms with Crippen LogP contribution < -0.4 is 5.32 Å². The lowest BCUT2D eigenvalue weighted by Gasteiger charge is -2.19. The van der Waals surface area contributed by atoms with Crippen molar-refractivity contribution in [1.82, 2.24) is 4.98 Å². The first-order chi connectivity index (χ1) is 10.9. The standard InChI is InChI=1S/C19H24N2O2/c1-19(2,3)23-18(22)21-17-9-5-8-16(14-17)7-4-6-15-10-12-20-13-11-15/h5,8-14H,4,6-7H2,1-3H3,(H,21,22). The third-order valence-corrected chi connectivity index (χ3v) is 3.25. The van der Waals surface area contributed by atoms with Crippen molar-refractivity contribution in [3.05, 3.63) is 59.9 Å². The number of hydrogen-bond acceptors (Lipinski definition) is 3. The summed E-state index contributed by atoms with van der Waals surface area (Å²) in [6, 6.07) is 12.0. The Bertz CT molecular complexity index is 633. The van der Waals surface area contributed by atoms with Gasteiger partial charge in [-0.15, -0.1) is 0 Å². The highest BCUT2D eigenvalue weighted by Crippen LogP contribution is 2.15. The van der Waals surface area contributed by atoms with E-state index in [1.165, 1.54) is 11.1 Å². The number of benzene rings is 1. The summed E-state index contributed by atoms with van der Waals surface area (Å²) in [6.45, 7) is 5.55. The van der Waals surface area contributed by atoms with Gasteiger partial charge in [0.05, 0.1) is 0 Å². The van der Waals surface area contributed by atoms with Crippen LogP contribution in [0.4, 0.5) is 10.5 Å². The van der Waals surface area contributed by atoms with Crippen LogP contribution in [0.25, 0.3) is 0 Å². The number of amides is 1. The molecule has 0 aliphatic heterocycles. The SMILES string of the molecule is CC(C)(C)OC(=O)Nc1cccc(CCCc2ccncc2)c1. The highest BCUT2D eigenvalue weighted by atomic mass is 16.6. The number of aromatic nitrogens is 1. The molecule has 0 saturated heterocycles. The van der Waals surface area contributed by atoms with E-state index >= 15 is 0 Å². The zero-order valence-electron chi connectivity index (χ0n) is 14.0. The van der Waals surface area contributed by atoms with Gasteiger partial charge in [-0.25, -0.2) is 4.79 Å². The fraction of sp³-hybridized carbons (Fsp3) is 0.368. The van der Waals surface area contributed by atoms with Crippen molar-refractivity contribution in [2.24, 2.45) is 0 Å². The molecule has 0 radical (unpaired) electrons. The van der Waals surface area contributed by atoms with E-state index in [0.717, 1.165) is 24.9 Å². The molecule has 1 heterocycles. The first-order valence-corrected chi connectivity index (χ1v) is 7.90. The van der Waals surface area contributed by atoms with Crippen molar-refractivity contribution in [3.63, 3.8) is 0 Å². The quantitative estimate of drug-likeness (QED) is 0.877. The molecule has 0 bridgehead atoms. The molecule has 122 valence electrons. The fourth-order valence-electron chi connectivity index (χ4n) is 2.27. The second kappa shape index (κ2) is 7.77. The summed E-state index contributed by atoms with van der Waals surface area (Å²) in [5.74, 6) is 0. The molecular formula is C19H24N2O2. The van der Waals surface area contributed by atoms with Gasteiger partial charge in [-0.3, -0.25) is 10.3 Å². The molecule has 1 aromatic heterocycles. The predicted molar refractivity (Wildman–Crippen MR) is 92.6 cm³/mol. The van der Waals surface area contributed by atoms with Gasteiger partial charge in [-0.05, 0) is 75.4 Å². The average Bonchev–Trinajstić information content (AvgIpc) is 2.46. The number of anilines is 1. The van der Waals surface area contributed by atoms with Gasteiger partial charge >= 0.3 is 6.09 Å². The van der Waals surface area contributed by atoms with Crippen molar-refractivity contribution < 1.29 is 9.53 Å². The minimum absolute atomic E-state index is 0.425. The van der Waals surface area contributed by atoms with Gasteiger partial charge in [0.2, 0.25) is 0 Å². The van der Waals surface area contributed by atoms with E-state index in [0.29, 0.717) is 0 Å². The first-order valence-electron chi connectivity index (χ1n) is 7.90. The minimum Gasteiger partial charge on any atom is -0.444 e. The van der Waals surface area contributed by atoms with E-state index < -0.39 is 11.7 Å². The summed E-state index contributed by atoms with van der Waals surface area (Å²) in [5, 5.41) is 2.78. The second-order valence-electron chi connectivity index (χ2n) is 6.54. The lowest BCUT2D eigenvalue weighted by atomic mass is 10.0. The molecule has 1 aromatic carbocycles. The van der Waals surface area contributed by atoms with Crippen LogP contribution in [0.1, 0.15) is 38.3 Å². The lowest BCUT2D eigenvalue weighted by molar-refractivity contribution is 0.0636. The predicted octanol–water partition coefficient (Wildman–Crippen LogP) is 4.60. The minimum atomic E-state index is -0.494. The highest BCUT2D eigenvalue weighted by molar-refractivity contribution is 5.84. The molecule has 0 spiro atoms. The van der Waals surface area contributed by atoms with Gasteiger partial charge in [0.25, 0.3) is 0 Å². The molecule has 1 N–H and O–H groups in total. The molecule has 4 nitrogen and oxygen atoms in total. The summed E-state index contributed by atoms with van der Waals surface area (Å²) < 4.78 is 5.26. The maximum atomic E-state index is 11.8. The number of hydrogen-bond donors (Lipinski definition) is 1. The van der Waals surface area contributed by atoms with Crippen molar-refractivity contribution in [1.29, 1.82) is 0 Å². The summed E-state index contributed by atoms with van der Waals surface area (Å²) in [7, 11) is 0. The Hall–Kier alpha value is -2.36. The van der Waals surface area contributed by atoms with E-state index in [1.54, 1.807) is 0 Å². The highest BCUT2D eigenvalue weighted by Gasteiger charge is 2.16. The number of pyridine rings is 1. The van der Waals surface area contributed by atoms with E-state index in [2.05, 4.69) is 16.4 Å². The third-order valence-electron chi connectivity index (χ3n) is 3.25. The number of rotatable bonds is 5. The molecule has 0 atom stereocenters. The molecule has 2 rings (SSSR count). The zero-order chi connectivity index (χ0) is 16.7. The van der Waals surface area contributed by atoms with Gasteiger partial charge in [-0.1, -0.05) is 12.1 Å². The molecule has 0 fully saturated rings. The van der Waals surface area contributed by atoms with Crippen LogP contribution in [0.2, 0.25) is 0 Å². The van der Waals surface area contributed by atoms with Crippen molar-refractivity contribution >= 4 is 11.8 Å². The first kappa shape index (κ1) is 17.0. The maximum Gasteiger partial charge on any atom is 0.412 e. The smallest absolute Gasteiger partial charge is 0.412 e. The number of nitrogens with one attached hydrogen (secondary N) is 1. The Morgan fingerprint density at radius 2 is 1.78 bits per heavy atom. The molecule has 2 aromatic rings. The second-order valence-corrected chi connectivity index (χ2v) is 6.54. The van der Waals surface area contributed by atoms with Gasteiger partial charge in [-0.2, -0.15) is 0 Å². The lowest BCUT2D eigenvalue weighted by Crippen LogP contribution is -2.27. The Kier molecular flexibility index (Phi) is 5.74. The van der Waals surface area contributed by atoms with Gasteiger partial charge in [0.15, 0.2) is 0 Å². The molecule has 23 heavy (non-hydrogen) atoms. The van der Waals surface area contributed by atoms with Crippen LogP contribution >= 0.6 is 0 Å². The average molecular weight is 312 g/mol. The van der Waals surface area contributed by atoms with E-state index in [4.69, 9.17) is 4.74 Å². The van der Waals surface area contributed by atoms with Crippen LogP contribution in [0.15, 0.2) is 48.8 Å².